The van der Waals surface area contributed by atoms with Crippen molar-refractivity contribution in [3.63, 3.8) is 0 Å². The summed E-state index contributed by atoms with van der Waals surface area (Å²) in [6.07, 6.45) is 0. The Balaban J connectivity index is 2.28. The molecule has 1 fully saturated rings. The number of hydrogen-bond acceptors (Lipinski definition) is 5. The van der Waals surface area contributed by atoms with E-state index in [0.717, 1.165) is 12.2 Å². The lowest BCUT2D eigenvalue weighted by Gasteiger charge is -2.36. The Kier molecular flexibility index (Phi) is 4.50. The number of nitrogens with two attached hydrogens (primary N) is 1. The van der Waals surface area contributed by atoms with Crippen LogP contribution >= 0.6 is 0 Å². The highest BCUT2D eigenvalue weighted by Gasteiger charge is 2.27. The van der Waals surface area contributed by atoms with E-state index >= 15 is 0 Å². The van der Waals surface area contributed by atoms with E-state index in [-0.39, 0.29) is 4.90 Å². The van der Waals surface area contributed by atoms with E-state index in [1.165, 1.54) is 18.4 Å². The van der Waals surface area contributed by atoms with Crippen LogP contribution in [0.15, 0.2) is 29.2 Å². The number of sulfonamides is 1. The molecule has 0 aromatic heterocycles. The van der Waals surface area contributed by atoms with Gasteiger partial charge in [-0.2, -0.15) is 0 Å². The first kappa shape index (κ1) is 15.7. The van der Waals surface area contributed by atoms with Crippen molar-refractivity contribution in [1.82, 2.24) is 9.62 Å². The average molecular weight is 312 g/mol. The van der Waals surface area contributed by atoms with Gasteiger partial charge in [0.25, 0.3) is 0 Å². The van der Waals surface area contributed by atoms with Crippen molar-refractivity contribution in [2.45, 2.75) is 10.9 Å². The molecule has 0 aliphatic carbocycles. The van der Waals surface area contributed by atoms with Gasteiger partial charge in [-0.05, 0) is 24.3 Å². The summed E-state index contributed by atoms with van der Waals surface area (Å²) < 4.78 is 25.2. The summed E-state index contributed by atoms with van der Waals surface area (Å²) in [6, 6.07) is 6.08. The summed E-state index contributed by atoms with van der Waals surface area (Å²) in [5.74, 6) is -0.396. The van der Waals surface area contributed by atoms with Crippen molar-refractivity contribution >= 4 is 21.6 Å². The highest BCUT2D eigenvalue weighted by Crippen LogP contribution is 2.22. The largest absolute Gasteiger partial charge is 0.368 e. The highest BCUT2D eigenvalue weighted by molar-refractivity contribution is 7.89. The number of nitrogens with zero attached hydrogens (tertiary/aromatic N) is 2. The fourth-order valence-electron chi connectivity index (χ4n) is 2.29. The smallest absolute Gasteiger partial charge is 0.242 e. The molecule has 8 heteroatoms. The lowest BCUT2D eigenvalue weighted by Crippen LogP contribution is -2.57. The van der Waals surface area contributed by atoms with Crippen molar-refractivity contribution in [3.05, 3.63) is 24.3 Å². The average Bonchev–Trinajstić information content (AvgIpc) is 2.47. The molecule has 0 bridgehead atoms. The van der Waals surface area contributed by atoms with Gasteiger partial charge >= 0.3 is 0 Å². The molecule has 21 heavy (non-hydrogen) atoms. The predicted molar refractivity (Wildman–Crippen MR) is 80.5 cm³/mol. The minimum atomic E-state index is -3.44. The third-order valence-electron chi connectivity index (χ3n) is 3.52. The van der Waals surface area contributed by atoms with Crippen LogP contribution in [0.3, 0.4) is 0 Å². The van der Waals surface area contributed by atoms with Gasteiger partial charge in [-0.1, -0.05) is 0 Å². The van der Waals surface area contributed by atoms with Crippen molar-refractivity contribution < 1.29 is 13.2 Å². The molecule has 1 aliphatic heterocycles. The topological polar surface area (TPSA) is 95.7 Å². The summed E-state index contributed by atoms with van der Waals surface area (Å²) in [4.78, 5) is 13.6. The van der Waals surface area contributed by atoms with Crippen LogP contribution < -0.4 is 16.0 Å². The van der Waals surface area contributed by atoms with E-state index in [4.69, 9.17) is 5.73 Å². The number of hydrogen-bond donors (Lipinski definition) is 2. The third kappa shape index (κ3) is 3.17. The molecule has 1 unspecified atom stereocenters. The van der Waals surface area contributed by atoms with Crippen LogP contribution in [-0.2, 0) is 14.8 Å². The molecule has 116 valence electrons. The van der Waals surface area contributed by atoms with Gasteiger partial charge in [0.2, 0.25) is 15.9 Å². The molecule has 7 nitrogen and oxygen atoms in total. The second-order valence-corrected chi connectivity index (χ2v) is 7.25. The maximum atomic E-state index is 12.0. The summed E-state index contributed by atoms with van der Waals surface area (Å²) in [6.45, 7) is 1.89. The second-order valence-electron chi connectivity index (χ2n) is 5.10. The first-order valence-electron chi connectivity index (χ1n) is 6.63. The Morgan fingerprint density at radius 1 is 1.33 bits per heavy atom. The molecule has 0 saturated carbocycles. The number of carbonyl (C=O) groups excluding carboxylic acids is 1. The molecule has 1 heterocycles. The fourth-order valence-corrected chi connectivity index (χ4v) is 3.19. The number of amides is 1. The van der Waals surface area contributed by atoms with E-state index in [2.05, 4.69) is 5.32 Å². The van der Waals surface area contributed by atoms with E-state index < -0.39 is 22.0 Å². The van der Waals surface area contributed by atoms with Crippen molar-refractivity contribution in [1.29, 1.82) is 0 Å². The zero-order valence-electron chi connectivity index (χ0n) is 12.1. The maximum Gasteiger partial charge on any atom is 0.242 e. The van der Waals surface area contributed by atoms with E-state index in [1.807, 2.05) is 4.90 Å². The van der Waals surface area contributed by atoms with Crippen LogP contribution in [0.2, 0.25) is 0 Å². The SMILES string of the molecule is CN(C)S(=O)(=O)c1ccc(N2CCNCC2C(N)=O)cc1. The lowest BCUT2D eigenvalue weighted by atomic mass is 10.1. The first-order valence-corrected chi connectivity index (χ1v) is 8.07. The van der Waals surface area contributed by atoms with Crippen molar-refractivity contribution in [2.75, 3.05) is 38.6 Å². The molecule has 1 aromatic carbocycles. The van der Waals surface area contributed by atoms with Crippen LogP contribution in [0.1, 0.15) is 0 Å². The number of primary amides is 1. The van der Waals surface area contributed by atoms with E-state index in [0.29, 0.717) is 13.1 Å². The lowest BCUT2D eigenvalue weighted by molar-refractivity contribution is -0.119. The molecule has 0 spiro atoms. The minimum Gasteiger partial charge on any atom is -0.368 e. The Hall–Kier alpha value is -1.64. The zero-order chi connectivity index (χ0) is 15.6. The number of carbonyl (C=O) groups is 1. The zero-order valence-corrected chi connectivity index (χ0v) is 12.9. The molecular weight excluding hydrogens is 292 g/mol. The van der Waals surface area contributed by atoms with E-state index in [1.54, 1.807) is 24.3 Å². The molecule has 1 aliphatic rings. The van der Waals surface area contributed by atoms with Crippen molar-refractivity contribution in [2.24, 2.45) is 5.73 Å². The van der Waals surface area contributed by atoms with Gasteiger partial charge in [0.05, 0.1) is 4.90 Å². The quantitative estimate of drug-likeness (QED) is 0.759. The van der Waals surface area contributed by atoms with Crippen LogP contribution in [0.25, 0.3) is 0 Å². The van der Waals surface area contributed by atoms with Crippen LogP contribution in [0.4, 0.5) is 5.69 Å². The number of rotatable bonds is 4. The number of benzene rings is 1. The maximum absolute atomic E-state index is 12.0. The molecule has 1 amide bonds. The molecule has 3 N–H and O–H groups in total. The van der Waals surface area contributed by atoms with Crippen molar-refractivity contribution in [3.8, 4) is 0 Å². The predicted octanol–water partition coefficient (Wildman–Crippen LogP) is -0.800. The Morgan fingerprint density at radius 2 is 1.95 bits per heavy atom. The minimum absolute atomic E-state index is 0.224. The van der Waals surface area contributed by atoms with Crippen LogP contribution in [0, 0.1) is 0 Å². The molecule has 1 atom stereocenters. The molecule has 1 aromatic rings. The Morgan fingerprint density at radius 3 is 2.48 bits per heavy atom. The number of nitrogens with one attached hydrogen (secondary N) is 1. The monoisotopic (exact) mass is 312 g/mol. The summed E-state index contributed by atoms with van der Waals surface area (Å²) in [5.41, 5.74) is 6.20. The van der Waals surface area contributed by atoms with Gasteiger partial charge in [0, 0.05) is 39.4 Å². The molecular formula is C13H20N4O3S. The number of piperazine rings is 1. The summed E-state index contributed by atoms with van der Waals surface area (Å²) >= 11 is 0. The van der Waals surface area contributed by atoms with E-state index in [9.17, 15) is 13.2 Å². The van der Waals surface area contributed by atoms with Gasteiger partial charge < -0.3 is 16.0 Å². The van der Waals surface area contributed by atoms with Gasteiger partial charge in [0.1, 0.15) is 6.04 Å². The first-order chi connectivity index (χ1) is 9.84. The van der Waals surface area contributed by atoms with Crippen LogP contribution in [-0.4, -0.2) is 58.4 Å². The standard InChI is InChI=1S/C13H20N4O3S/c1-16(2)21(19,20)11-5-3-10(4-6-11)17-8-7-15-9-12(17)13(14)18/h3-6,12,15H,7-9H2,1-2H3,(H2,14,18). The molecule has 0 radical (unpaired) electrons. The van der Waals surface area contributed by atoms with Gasteiger partial charge in [-0.15, -0.1) is 0 Å². The Bertz CT molecular complexity index is 613. The van der Waals surface area contributed by atoms with Crippen LogP contribution in [0.5, 0.6) is 0 Å². The number of anilines is 1. The third-order valence-corrected chi connectivity index (χ3v) is 5.35. The van der Waals surface area contributed by atoms with Gasteiger partial charge in [-0.25, -0.2) is 12.7 Å². The summed E-state index contributed by atoms with van der Waals surface area (Å²) in [5, 5.41) is 3.12. The van der Waals surface area contributed by atoms with Gasteiger partial charge in [0.15, 0.2) is 0 Å². The molecule has 1 saturated heterocycles. The Labute approximate surface area is 124 Å². The second kappa shape index (κ2) is 6.00. The van der Waals surface area contributed by atoms with Gasteiger partial charge in [-0.3, -0.25) is 4.79 Å². The highest BCUT2D eigenvalue weighted by atomic mass is 32.2. The summed E-state index contributed by atoms with van der Waals surface area (Å²) in [7, 11) is -0.466. The fraction of sp³-hybridized carbons (Fsp3) is 0.462. The normalized spacial score (nSPS) is 19.8. The molecule has 2 rings (SSSR count).